The van der Waals surface area contributed by atoms with Crippen molar-refractivity contribution in [1.82, 2.24) is 20.2 Å². The van der Waals surface area contributed by atoms with Gasteiger partial charge in [-0.05, 0) is 57.1 Å². The van der Waals surface area contributed by atoms with Crippen molar-refractivity contribution in [2.75, 3.05) is 26.9 Å². The summed E-state index contributed by atoms with van der Waals surface area (Å²) in [5.74, 6) is 0.759. The standard InChI is InChI=1S/C33H44N4O7/c1-5-22-27-16-37(28(22)19(2)38)31(39)29(33(3)17-42-18-33)36-32(40)44-26-14-20(26)10-8-6-7-9-11-24-30(43-27)35-25-15-21(41-4)12-13-23(25)34-24/h12-13,15,20,22,26-29H,5-11,14,16-18H2,1-4H3,(H,36,40)/t20-,22-,26-,27+,28-,29-/m1/s1. The number of rotatable bonds is 4. The molecule has 2 bridgehead atoms. The second-order valence-electron chi connectivity index (χ2n) is 13.2. The van der Waals surface area contributed by atoms with Gasteiger partial charge in [-0.25, -0.2) is 14.8 Å². The molecule has 0 unspecified atom stereocenters. The van der Waals surface area contributed by atoms with E-state index in [2.05, 4.69) is 5.32 Å². The monoisotopic (exact) mass is 608 g/mol. The predicted octanol–water partition coefficient (Wildman–Crippen LogP) is 4.24. The van der Waals surface area contributed by atoms with Gasteiger partial charge in [0.05, 0.1) is 43.9 Å². The van der Waals surface area contributed by atoms with Gasteiger partial charge in [0.1, 0.15) is 29.7 Å². The summed E-state index contributed by atoms with van der Waals surface area (Å²) in [5.41, 5.74) is 1.58. The number of methoxy groups -OCH3 is 1. The first kappa shape index (κ1) is 30.6. The summed E-state index contributed by atoms with van der Waals surface area (Å²) in [6.07, 6.45) is 6.11. The van der Waals surface area contributed by atoms with Crippen molar-refractivity contribution in [2.24, 2.45) is 17.3 Å². The number of nitrogens with one attached hydrogen (secondary N) is 1. The van der Waals surface area contributed by atoms with Gasteiger partial charge in [0, 0.05) is 17.4 Å². The highest BCUT2D eigenvalue weighted by molar-refractivity contribution is 5.93. The van der Waals surface area contributed by atoms with Crippen molar-refractivity contribution < 1.29 is 33.3 Å². The number of carbonyl (C=O) groups is 3. The maximum Gasteiger partial charge on any atom is 0.408 e. The molecule has 6 atom stereocenters. The number of nitrogens with zero attached hydrogens (tertiary/aromatic N) is 3. The predicted molar refractivity (Wildman–Crippen MR) is 161 cm³/mol. The van der Waals surface area contributed by atoms with E-state index in [-0.39, 0.29) is 30.3 Å². The smallest absolute Gasteiger partial charge is 0.408 e. The van der Waals surface area contributed by atoms with Crippen LogP contribution in [0.4, 0.5) is 4.79 Å². The summed E-state index contributed by atoms with van der Waals surface area (Å²) in [5, 5.41) is 2.88. The van der Waals surface area contributed by atoms with Crippen molar-refractivity contribution in [1.29, 1.82) is 0 Å². The van der Waals surface area contributed by atoms with Gasteiger partial charge in [-0.15, -0.1) is 0 Å². The molecule has 4 aliphatic rings. The highest BCUT2D eigenvalue weighted by Crippen LogP contribution is 2.40. The second-order valence-corrected chi connectivity index (χ2v) is 13.2. The molecule has 1 N–H and O–H groups in total. The van der Waals surface area contributed by atoms with E-state index in [1.54, 1.807) is 12.0 Å². The quantitative estimate of drug-likeness (QED) is 0.542. The van der Waals surface area contributed by atoms with Gasteiger partial charge in [0.15, 0.2) is 5.78 Å². The van der Waals surface area contributed by atoms with Gasteiger partial charge >= 0.3 is 6.09 Å². The summed E-state index contributed by atoms with van der Waals surface area (Å²) in [7, 11) is 1.61. The lowest BCUT2D eigenvalue weighted by atomic mass is 9.79. The van der Waals surface area contributed by atoms with Gasteiger partial charge < -0.3 is 29.2 Å². The molecule has 6 rings (SSSR count). The zero-order valence-corrected chi connectivity index (χ0v) is 26.2. The SMILES string of the molecule is CC[C@@H]1[C@@H]2CN(C(=O)[C@H](C3(C)COC3)NC(=O)O[C@@H]3C[C@H]3CCCCCCc3nc4ccc(OC)cc4nc3O2)[C@@H]1C(C)=O. The fourth-order valence-electron chi connectivity index (χ4n) is 7.12. The average Bonchev–Trinajstić information content (AvgIpc) is 3.61. The second kappa shape index (κ2) is 12.5. The number of aryl methyl sites for hydroxylation is 1. The maximum atomic E-state index is 14.3. The molecule has 0 radical (unpaired) electrons. The molecule has 44 heavy (non-hydrogen) atoms. The number of amides is 2. The first-order chi connectivity index (χ1) is 21.2. The van der Waals surface area contributed by atoms with Gasteiger partial charge in [0.2, 0.25) is 11.8 Å². The third-order valence-corrected chi connectivity index (χ3v) is 9.86. The molecule has 1 aromatic heterocycles. The van der Waals surface area contributed by atoms with Gasteiger partial charge in [-0.3, -0.25) is 9.59 Å². The summed E-state index contributed by atoms with van der Waals surface area (Å²) in [4.78, 5) is 52.0. The molecule has 238 valence electrons. The van der Waals surface area contributed by atoms with Crippen LogP contribution in [0.2, 0.25) is 0 Å². The van der Waals surface area contributed by atoms with E-state index in [0.29, 0.717) is 49.1 Å². The molecule has 2 amide bonds. The highest BCUT2D eigenvalue weighted by Gasteiger charge is 2.54. The third kappa shape index (κ3) is 6.07. The lowest BCUT2D eigenvalue weighted by Gasteiger charge is -2.45. The summed E-state index contributed by atoms with van der Waals surface area (Å²) < 4.78 is 23.3. The number of alkyl carbamates (subject to hydrolysis) is 1. The van der Waals surface area contributed by atoms with Crippen LogP contribution >= 0.6 is 0 Å². The number of ether oxygens (including phenoxy) is 4. The lowest BCUT2D eigenvalue weighted by molar-refractivity contribution is -0.158. The summed E-state index contributed by atoms with van der Waals surface area (Å²) >= 11 is 0. The van der Waals surface area contributed by atoms with E-state index in [1.165, 1.54) is 6.92 Å². The number of hydrogen-bond acceptors (Lipinski definition) is 9. The Morgan fingerprint density at radius 1 is 1.09 bits per heavy atom. The molecule has 11 nitrogen and oxygen atoms in total. The molecule has 11 heteroatoms. The third-order valence-electron chi connectivity index (χ3n) is 9.86. The Labute approximate surface area is 258 Å². The van der Waals surface area contributed by atoms with E-state index in [4.69, 9.17) is 28.9 Å². The van der Waals surface area contributed by atoms with Gasteiger partial charge in [-0.2, -0.15) is 0 Å². The van der Waals surface area contributed by atoms with E-state index in [0.717, 1.165) is 49.7 Å². The van der Waals surface area contributed by atoms with Crippen molar-refractivity contribution in [2.45, 2.75) is 96.4 Å². The number of benzene rings is 1. The van der Waals surface area contributed by atoms with Gasteiger partial charge in [-0.1, -0.05) is 33.1 Å². The Morgan fingerprint density at radius 3 is 2.59 bits per heavy atom. The molecule has 1 aromatic carbocycles. The molecular weight excluding hydrogens is 564 g/mol. The van der Waals surface area contributed by atoms with Crippen LogP contribution in [0, 0.1) is 17.3 Å². The van der Waals surface area contributed by atoms with Crippen LogP contribution in [0.3, 0.4) is 0 Å². The van der Waals surface area contributed by atoms with Crippen LogP contribution < -0.4 is 14.8 Å². The minimum absolute atomic E-state index is 0.119. The molecule has 1 aliphatic carbocycles. The number of Topliss-reactive ketones (excluding diaryl/α,β-unsaturated/α-hetero) is 1. The van der Waals surface area contributed by atoms with Crippen molar-refractivity contribution in [3.8, 4) is 11.6 Å². The topological polar surface area (TPSA) is 129 Å². The molecule has 3 fully saturated rings. The molecule has 2 aromatic rings. The van der Waals surface area contributed by atoms with Crippen LogP contribution in [0.5, 0.6) is 11.6 Å². The van der Waals surface area contributed by atoms with Crippen molar-refractivity contribution in [3.05, 3.63) is 23.9 Å². The highest BCUT2D eigenvalue weighted by atomic mass is 16.6. The zero-order chi connectivity index (χ0) is 31.0. The number of fused-ring (bicyclic) bond motifs is 5. The first-order valence-electron chi connectivity index (χ1n) is 16.1. The van der Waals surface area contributed by atoms with Crippen LogP contribution in [-0.4, -0.2) is 83.8 Å². The minimum Gasteiger partial charge on any atom is -0.497 e. The molecule has 0 spiro atoms. The Bertz CT molecular complexity index is 1410. The first-order valence-corrected chi connectivity index (χ1v) is 16.1. The molecule has 3 aliphatic heterocycles. The minimum atomic E-state index is -0.898. The van der Waals surface area contributed by atoms with Crippen LogP contribution in [0.15, 0.2) is 18.2 Å². The number of hydrogen-bond donors (Lipinski definition) is 1. The largest absolute Gasteiger partial charge is 0.497 e. The normalized spacial score (nSPS) is 30.7. The number of ketones is 1. The fourth-order valence-corrected chi connectivity index (χ4v) is 7.12. The Balaban J connectivity index is 1.36. The van der Waals surface area contributed by atoms with Crippen LogP contribution in [0.25, 0.3) is 11.0 Å². The van der Waals surface area contributed by atoms with Gasteiger partial charge in [0.25, 0.3) is 0 Å². The Morgan fingerprint density at radius 2 is 1.89 bits per heavy atom. The molecule has 1 saturated carbocycles. The van der Waals surface area contributed by atoms with E-state index in [1.807, 2.05) is 32.0 Å². The fraction of sp³-hybridized carbons (Fsp3) is 0.667. The Hall–Kier alpha value is -3.47. The van der Waals surface area contributed by atoms with E-state index < -0.39 is 29.7 Å². The van der Waals surface area contributed by atoms with Crippen LogP contribution in [-0.2, 0) is 25.5 Å². The van der Waals surface area contributed by atoms with Crippen molar-refractivity contribution >= 4 is 28.8 Å². The molecular formula is C33H44N4O7. The Kier molecular flexibility index (Phi) is 8.68. The summed E-state index contributed by atoms with van der Waals surface area (Å²) in [6.45, 7) is 6.27. The number of carbonyl (C=O) groups excluding carboxylic acids is 3. The van der Waals surface area contributed by atoms with E-state index >= 15 is 0 Å². The molecule has 4 heterocycles. The zero-order valence-electron chi connectivity index (χ0n) is 26.2. The van der Waals surface area contributed by atoms with E-state index in [9.17, 15) is 14.4 Å². The molecule has 2 saturated heterocycles. The average molecular weight is 609 g/mol. The van der Waals surface area contributed by atoms with Crippen LogP contribution in [0.1, 0.15) is 71.4 Å². The van der Waals surface area contributed by atoms with Crippen molar-refractivity contribution in [3.63, 3.8) is 0 Å². The lowest BCUT2D eigenvalue weighted by Crippen LogP contribution is -2.64. The summed E-state index contributed by atoms with van der Waals surface area (Å²) in [6, 6.07) is 4.02. The maximum absolute atomic E-state index is 14.3. The number of aromatic nitrogens is 2.